The summed E-state index contributed by atoms with van der Waals surface area (Å²) in [7, 11) is 0. The summed E-state index contributed by atoms with van der Waals surface area (Å²) in [6.45, 7) is 7.82. The first kappa shape index (κ1) is 36.0. The SMILES string of the molecule is [C-]#[N+]c1ccc2c(c1)c1ccccc1n2-c1cc(-c2nc(-c3ccccc3)nc(-c3ccccc3)n2)ccc1-c1cccc(-n2c3ccccc3c3cc(C#N)ccc32)c1C#N. The summed E-state index contributed by atoms with van der Waals surface area (Å²) in [6, 6.07) is 64.6. The van der Waals surface area contributed by atoms with Crippen molar-refractivity contribution in [3.8, 4) is 68.8 Å². The van der Waals surface area contributed by atoms with E-state index in [0.717, 1.165) is 82.8 Å². The van der Waals surface area contributed by atoms with Crippen molar-refractivity contribution in [2.45, 2.75) is 0 Å². The van der Waals surface area contributed by atoms with Crippen LogP contribution in [0.25, 0.3) is 105 Å². The first-order valence-corrected chi connectivity index (χ1v) is 20.0. The lowest BCUT2D eigenvalue weighted by molar-refractivity contribution is 1.07. The topological polar surface area (TPSA) is 100 Å². The zero-order valence-electron chi connectivity index (χ0n) is 32.9. The molecule has 11 rings (SSSR count). The van der Waals surface area contributed by atoms with E-state index in [1.165, 1.54) is 0 Å². The van der Waals surface area contributed by atoms with Crippen LogP contribution in [0.1, 0.15) is 11.1 Å². The van der Waals surface area contributed by atoms with Gasteiger partial charge in [-0.05, 0) is 60.0 Å². The maximum Gasteiger partial charge on any atom is 0.188 e. The zero-order valence-corrected chi connectivity index (χ0v) is 32.9. The standard InChI is InChI=1S/C54H30N8/c1-57-38-25-28-50-44(31-38)41-18-9-11-21-47(41)62(50)51-30-37(54-59-52(35-13-4-2-5-14-35)58-53(60-54)36-15-6-3-7-16-36)24-26-42(51)39-19-12-22-48(45(39)33-56)61-46-20-10-8-17-40(46)43-29-34(32-55)23-27-49(43)61/h2-31H. The number of hydrogen-bond acceptors (Lipinski definition) is 5. The molecule has 0 fully saturated rings. The Morgan fingerprint density at radius 2 is 0.968 bits per heavy atom. The molecule has 0 N–H and O–H groups in total. The third-order valence-electron chi connectivity index (χ3n) is 11.5. The Labute approximate surface area is 355 Å². The highest BCUT2D eigenvalue weighted by molar-refractivity contribution is 6.12. The van der Waals surface area contributed by atoms with E-state index < -0.39 is 0 Å². The summed E-state index contributed by atoms with van der Waals surface area (Å²) in [5.41, 5.74) is 10.9. The van der Waals surface area contributed by atoms with Gasteiger partial charge >= 0.3 is 0 Å². The molecule has 0 radical (unpaired) electrons. The van der Waals surface area contributed by atoms with Crippen molar-refractivity contribution >= 4 is 49.3 Å². The van der Waals surface area contributed by atoms with Crippen LogP contribution in [-0.2, 0) is 0 Å². The lowest BCUT2D eigenvalue weighted by atomic mass is 9.95. The third kappa shape index (κ3) is 5.78. The molecule has 11 aromatic rings. The molecule has 3 aromatic heterocycles. The average Bonchev–Trinajstić information content (AvgIpc) is 3.85. The molecule has 0 saturated carbocycles. The highest BCUT2D eigenvalue weighted by Gasteiger charge is 2.23. The molecule has 0 amide bonds. The van der Waals surface area contributed by atoms with Crippen LogP contribution in [0.2, 0.25) is 0 Å². The Bertz CT molecular complexity index is 3670. The lowest BCUT2D eigenvalue weighted by Gasteiger charge is -2.19. The summed E-state index contributed by atoms with van der Waals surface area (Å²) in [6.07, 6.45) is 0. The van der Waals surface area contributed by atoms with Crippen molar-refractivity contribution in [3.63, 3.8) is 0 Å². The molecule has 0 atom stereocenters. The van der Waals surface area contributed by atoms with Crippen LogP contribution in [0.4, 0.5) is 5.69 Å². The highest BCUT2D eigenvalue weighted by atomic mass is 15.0. The van der Waals surface area contributed by atoms with Crippen LogP contribution in [0.3, 0.4) is 0 Å². The Morgan fingerprint density at radius 1 is 0.419 bits per heavy atom. The number of benzene rings is 8. The van der Waals surface area contributed by atoms with E-state index in [4.69, 9.17) is 21.5 Å². The van der Waals surface area contributed by atoms with Gasteiger partial charge in [0.2, 0.25) is 0 Å². The summed E-state index contributed by atoms with van der Waals surface area (Å²) >= 11 is 0. The van der Waals surface area contributed by atoms with Crippen LogP contribution in [0.15, 0.2) is 182 Å². The summed E-state index contributed by atoms with van der Waals surface area (Å²) in [5.74, 6) is 1.60. The van der Waals surface area contributed by atoms with Gasteiger partial charge in [0.1, 0.15) is 6.07 Å². The van der Waals surface area contributed by atoms with Crippen LogP contribution in [0.5, 0.6) is 0 Å². The molecule has 0 spiro atoms. The van der Waals surface area contributed by atoms with Crippen molar-refractivity contribution < 1.29 is 0 Å². The smallest absolute Gasteiger partial charge is 0.188 e. The maximum absolute atomic E-state index is 11.3. The second kappa shape index (κ2) is 14.6. The number of fused-ring (bicyclic) bond motifs is 6. The minimum absolute atomic E-state index is 0.488. The molecule has 8 heteroatoms. The molecule has 286 valence electrons. The van der Waals surface area contributed by atoms with E-state index in [9.17, 15) is 10.5 Å². The first-order valence-electron chi connectivity index (χ1n) is 20.0. The molecule has 0 aliphatic carbocycles. The fraction of sp³-hybridized carbons (Fsp3) is 0. The Kier molecular flexibility index (Phi) is 8.46. The number of nitrogens with zero attached hydrogens (tertiary/aromatic N) is 8. The van der Waals surface area contributed by atoms with Crippen LogP contribution in [-0.4, -0.2) is 24.1 Å². The highest BCUT2D eigenvalue weighted by Crippen LogP contribution is 2.42. The molecular weight excluding hydrogens is 761 g/mol. The number of nitriles is 2. The average molecular weight is 791 g/mol. The van der Waals surface area contributed by atoms with E-state index >= 15 is 0 Å². The van der Waals surface area contributed by atoms with E-state index in [0.29, 0.717) is 34.3 Å². The molecule has 0 aliphatic rings. The van der Waals surface area contributed by atoms with Crippen LogP contribution < -0.4 is 0 Å². The number of hydrogen-bond donors (Lipinski definition) is 0. The predicted molar refractivity (Wildman–Crippen MR) is 246 cm³/mol. The van der Waals surface area contributed by atoms with Gasteiger partial charge in [0.25, 0.3) is 0 Å². The van der Waals surface area contributed by atoms with E-state index in [1.54, 1.807) is 0 Å². The molecular formula is C54H30N8. The van der Waals surface area contributed by atoms with Gasteiger partial charge in [-0.15, -0.1) is 0 Å². The van der Waals surface area contributed by atoms with Gasteiger partial charge in [-0.25, -0.2) is 19.8 Å². The Morgan fingerprint density at radius 3 is 1.58 bits per heavy atom. The first-order chi connectivity index (χ1) is 30.6. The molecule has 8 nitrogen and oxygen atoms in total. The molecule has 0 aliphatic heterocycles. The largest absolute Gasteiger partial charge is 0.309 e. The quantitative estimate of drug-likeness (QED) is 0.156. The van der Waals surface area contributed by atoms with Gasteiger partial charge in [-0.3, -0.25) is 0 Å². The molecule has 0 unspecified atom stereocenters. The minimum Gasteiger partial charge on any atom is -0.309 e. The van der Waals surface area contributed by atoms with Crippen molar-refractivity contribution in [2.24, 2.45) is 0 Å². The summed E-state index contributed by atoms with van der Waals surface area (Å²) in [4.78, 5) is 18.9. The number of aromatic nitrogens is 5. The lowest BCUT2D eigenvalue weighted by Crippen LogP contribution is -2.04. The van der Waals surface area contributed by atoms with Crippen molar-refractivity contribution in [1.29, 1.82) is 10.5 Å². The van der Waals surface area contributed by atoms with Gasteiger partial charge in [-0.2, -0.15) is 10.5 Å². The van der Waals surface area contributed by atoms with Crippen molar-refractivity contribution in [2.75, 3.05) is 0 Å². The molecule has 8 aromatic carbocycles. The van der Waals surface area contributed by atoms with Gasteiger partial charge in [0.15, 0.2) is 23.2 Å². The van der Waals surface area contributed by atoms with Crippen LogP contribution in [0, 0.1) is 29.2 Å². The molecule has 0 saturated heterocycles. The molecule has 0 bridgehead atoms. The maximum atomic E-state index is 11.3. The Hall–Kier alpha value is -9.16. The molecule has 62 heavy (non-hydrogen) atoms. The normalized spacial score (nSPS) is 11.2. The van der Waals surface area contributed by atoms with E-state index in [2.05, 4.69) is 56.4 Å². The second-order valence-electron chi connectivity index (χ2n) is 14.9. The number of para-hydroxylation sites is 2. The van der Waals surface area contributed by atoms with Gasteiger partial charge in [0, 0.05) is 44.0 Å². The van der Waals surface area contributed by atoms with Crippen LogP contribution >= 0.6 is 0 Å². The van der Waals surface area contributed by atoms with Gasteiger partial charge < -0.3 is 9.13 Å². The fourth-order valence-corrected chi connectivity index (χ4v) is 8.68. The summed E-state index contributed by atoms with van der Waals surface area (Å²) < 4.78 is 4.33. The molecule has 3 heterocycles. The van der Waals surface area contributed by atoms with E-state index in [-0.39, 0.29) is 0 Å². The zero-order chi connectivity index (χ0) is 41.7. The fourth-order valence-electron chi connectivity index (χ4n) is 8.68. The van der Waals surface area contributed by atoms with Crippen molar-refractivity contribution in [1.82, 2.24) is 24.1 Å². The van der Waals surface area contributed by atoms with Gasteiger partial charge in [-0.1, -0.05) is 127 Å². The number of rotatable bonds is 6. The Balaban J connectivity index is 1.21. The third-order valence-corrected chi connectivity index (χ3v) is 11.5. The summed E-state index contributed by atoms with van der Waals surface area (Å²) in [5, 5.41) is 24.9. The second-order valence-corrected chi connectivity index (χ2v) is 14.9. The van der Waals surface area contributed by atoms with Gasteiger partial charge in [0.05, 0.1) is 57.2 Å². The minimum atomic E-state index is 0.488. The van der Waals surface area contributed by atoms with E-state index in [1.807, 2.05) is 152 Å². The monoisotopic (exact) mass is 790 g/mol. The van der Waals surface area contributed by atoms with Crippen molar-refractivity contribution in [3.05, 3.63) is 205 Å². The predicted octanol–water partition coefficient (Wildman–Crippen LogP) is 13.0.